The monoisotopic (exact) mass is 429 g/mol. The fourth-order valence-electron chi connectivity index (χ4n) is 3.33. The van der Waals surface area contributed by atoms with Gasteiger partial charge in [-0.25, -0.2) is 13.4 Å². The van der Waals surface area contributed by atoms with Crippen molar-refractivity contribution in [2.45, 2.75) is 35.8 Å². The van der Waals surface area contributed by atoms with Crippen LogP contribution in [0, 0.1) is 5.92 Å². The number of sulfone groups is 1. The highest BCUT2D eigenvalue weighted by molar-refractivity contribution is 7.92. The first-order valence-electron chi connectivity index (χ1n) is 9.03. The molecule has 0 aliphatic carbocycles. The van der Waals surface area contributed by atoms with Gasteiger partial charge in [-0.3, -0.25) is 4.98 Å². The summed E-state index contributed by atoms with van der Waals surface area (Å²) in [4.78, 5) is 7.84. The van der Waals surface area contributed by atoms with Crippen molar-refractivity contribution in [3.8, 4) is 0 Å². The standard InChI is InChI=1S/C19H22F3N3O3S/c1-13-7-8-28-18(10-13,16-11-24-17(12-23-16)25(2)3)29(26,27)15-6-4-5-14(9-15)19(20,21)22/h4-6,9,11-13H,7-8,10H2,1-3H3. The molecule has 0 saturated carbocycles. The second-order valence-electron chi connectivity index (χ2n) is 7.38. The lowest BCUT2D eigenvalue weighted by Crippen LogP contribution is -2.44. The number of hydrogen-bond donors (Lipinski definition) is 0. The number of anilines is 1. The molecule has 6 nitrogen and oxygen atoms in total. The average molecular weight is 429 g/mol. The summed E-state index contributed by atoms with van der Waals surface area (Å²) in [5.41, 5.74) is -0.973. The number of ether oxygens (including phenoxy) is 1. The van der Waals surface area contributed by atoms with Crippen LogP contribution in [0.3, 0.4) is 0 Å². The molecular formula is C19H22F3N3O3S. The molecule has 1 saturated heterocycles. The Morgan fingerprint density at radius 3 is 2.48 bits per heavy atom. The first-order chi connectivity index (χ1) is 13.5. The Morgan fingerprint density at radius 1 is 1.21 bits per heavy atom. The van der Waals surface area contributed by atoms with E-state index in [2.05, 4.69) is 9.97 Å². The summed E-state index contributed by atoms with van der Waals surface area (Å²) in [6, 6.07) is 3.70. The molecule has 1 fully saturated rings. The van der Waals surface area contributed by atoms with Crippen molar-refractivity contribution in [1.82, 2.24) is 9.97 Å². The lowest BCUT2D eigenvalue weighted by atomic mass is 9.95. The molecule has 1 aromatic heterocycles. The quantitative estimate of drug-likeness (QED) is 0.739. The topological polar surface area (TPSA) is 72.4 Å². The fourth-order valence-corrected chi connectivity index (χ4v) is 5.37. The van der Waals surface area contributed by atoms with Gasteiger partial charge in [-0.15, -0.1) is 0 Å². The second-order valence-corrected chi connectivity index (χ2v) is 9.52. The van der Waals surface area contributed by atoms with Gasteiger partial charge in [-0.1, -0.05) is 13.0 Å². The molecule has 0 bridgehead atoms. The molecule has 2 unspecified atom stereocenters. The SMILES string of the molecule is CC1CCOC(c2cnc(N(C)C)cn2)(S(=O)(=O)c2cccc(C(F)(F)F)c2)C1. The summed E-state index contributed by atoms with van der Waals surface area (Å²) in [5, 5.41) is 0. The van der Waals surface area contributed by atoms with E-state index in [4.69, 9.17) is 4.74 Å². The van der Waals surface area contributed by atoms with Gasteiger partial charge in [0, 0.05) is 20.7 Å². The van der Waals surface area contributed by atoms with Crippen LogP contribution < -0.4 is 4.90 Å². The molecule has 2 atom stereocenters. The number of rotatable bonds is 4. The molecule has 158 valence electrons. The molecule has 29 heavy (non-hydrogen) atoms. The van der Waals surface area contributed by atoms with Crippen LogP contribution >= 0.6 is 0 Å². The molecule has 0 radical (unpaired) electrons. The summed E-state index contributed by atoms with van der Waals surface area (Å²) < 4.78 is 72.4. The summed E-state index contributed by atoms with van der Waals surface area (Å²) >= 11 is 0. The van der Waals surface area contributed by atoms with Gasteiger partial charge < -0.3 is 9.64 Å². The molecule has 2 aromatic rings. The van der Waals surface area contributed by atoms with E-state index in [0.29, 0.717) is 18.3 Å². The van der Waals surface area contributed by atoms with E-state index in [9.17, 15) is 21.6 Å². The molecule has 10 heteroatoms. The van der Waals surface area contributed by atoms with E-state index in [-0.39, 0.29) is 24.6 Å². The summed E-state index contributed by atoms with van der Waals surface area (Å²) in [7, 11) is -0.840. The van der Waals surface area contributed by atoms with Crippen LogP contribution in [-0.2, 0) is 25.7 Å². The average Bonchev–Trinajstić information content (AvgIpc) is 2.67. The molecule has 0 spiro atoms. The van der Waals surface area contributed by atoms with Crippen molar-refractivity contribution < 1.29 is 26.3 Å². The van der Waals surface area contributed by atoms with Gasteiger partial charge >= 0.3 is 6.18 Å². The third-order valence-corrected chi connectivity index (χ3v) is 7.19. The first kappa shape index (κ1) is 21.5. The Bertz CT molecular complexity index is 978. The van der Waals surface area contributed by atoms with E-state index in [1.807, 2.05) is 6.92 Å². The van der Waals surface area contributed by atoms with Crippen LogP contribution in [0.1, 0.15) is 31.0 Å². The van der Waals surface area contributed by atoms with Crippen LogP contribution in [-0.4, -0.2) is 39.1 Å². The Hall–Kier alpha value is -2.20. The van der Waals surface area contributed by atoms with Gasteiger partial charge in [0.25, 0.3) is 0 Å². The maximum atomic E-state index is 13.6. The van der Waals surface area contributed by atoms with Gasteiger partial charge in [0.15, 0.2) is 0 Å². The highest BCUT2D eigenvalue weighted by Crippen LogP contribution is 2.45. The van der Waals surface area contributed by atoms with Gasteiger partial charge in [0.05, 0.1) is 22.9 Å². The van der Waals surface area contributed by atoms with E-state index in [0.717, 1.165) is 18.2 Å². The van der Waals surface area contributed by atoms with Gasteiger partial charge in [-0.05, 0) is 37.0 Å². The number of aromatic nitrogens is 2. The lowest BCUT2D eigenvalue weighted by molar-refractivity contribution is -0.137. The van der Waals surface area contributed by atoms with E-state index < -0.39 is 31.4 Å². The third-order valence-electron chi connectivity index (χ3n) is 4.96. The Balaban J connectivity index is 2.16. The molecule has 2 heterocycles. The van der Waals surface area contributed by atoms with E-state index in [1.54, 1.807) is 19.0 Å². The maximum absolute atomic E-state index is 13.6. The normalized spacial score (nSPS) is 23.0. The number of alkyl halides is 3. The van der Waals surface area contributed by atoms with Gasteiger partial charge in [-0.2, -0.15) is 13.2 Å². The number of halogens is 3. The molecular weight excluding hydrogens is 407 g/mol. The van der Waals surface area contributed by atoms with Crippen molar-refractivity contribution in [2.75, 3.05) is 25.6 Å². The molecule has 0 amide bonds. The lowest BCUT2D eigenvalue weighted by Gasteiger charge is -2.38. The Labute approximate surface area is 167 Å². The Morgan fingerprint density at radius 2 is 1.93 bits per heavy atom. The van der Waals surface area contributed by atoms with Gasteiger partial charge in [0.2, 0.25) is 14.8 Å². The number of nitrogens with zero attached hydrogens (tertiary/aromatic N) is 3. The van der Waals surface area contributed by atoms with Crippen molar-refractivity contribution >= 4 is 15.7 Å². The number of hydrogen-bond acceptors (Lipinski definition) is 6. The number of benzene rings is 1. The molecule has 0 N–H and O–H groups in total. The van der Waals surface area contributed by atoms with E-state index >= 15 is 0 Å². The fraction of sp³-hybridized carbons (Fsp3) is 0.474. The smallest absolute Gasteiger partial charge is 0.361 e. The predicted molar refractivity (Wildman–Crippen MR) is 101 cm³/mol. The molecule has 1 aliphatic rings. The van der Waals surface area contributed by atoms with Crippen LogP contribution in [0.15, 0.2) is 41.6 Å². The molecule has 3 rings (SSSR count). The minimum atomic E-state index is -4.66. The minimum Gasteiger partial charge on any atom is -0.361 e. The van der Waals surface area contributed by atoms with Crippen LogP contribution in [0.5, 0.6) is 0 Å². The Kier molecular flexibility index (Phi) is 5.61. The highest BCUT2D eigenvalue weighted by atomic mass is 32.2. The zero-order valence-electron chi connectivity index (χ0n) is 16.3. The third kappa shape index (κ3) is 3.95. The highest BCUT2D eigenvalue weighted by Gasteiger charge is 2.52. The zero-order chi connectivity index (χ0) is 21.4. The summed E-state index contributed by atoms with van der Waals surface area (Å²) in [6.45, 7) is 2.02. The maximum Gasteiger partial charge on any atom is 0.416 e. The molecule has 1 aliphatic heterocycles. The summed E-state index contributed by atoms with van der Waals surface area (Å²) in [5.74, 6) is 0.490. The van der Waals surface area contributed by atoms with Crippen LogP contribution in [0.25, 0.3) is 0 Å². The van der Waals surface area contributed by atoms with Crippen molar-refractivity contribution in [3.63, 3.8) is 0 Å². The van der Waals surface area contributed by atoms with Crippen LogP contribution in [0.4, 0.5) is 19.0 Å². The van der Waals surface area contributed by atoms with Crippen molar-refractivity contribution in [3.05, 3.63) is 47.9 Å². The zero-order valence-corrected chi connectivity index (χ0v) is 17.1. The first-order valence-corrected chi connectivity index (χ1v) is 10.5. The predicted octanol–water partition coefficient (Wildman–Crippen LogP) is 3.63. The molecule has 1 aromatic carbocycles. The minimum absolute atomic E-state index is 0.0281. The second kappa shape index (κ2) is 7.56. The largest absolute Gasteiger partial charge is 0.416 e. The van der Waals surface area contributed by atoms with Crippen molar-refractivity contribution in [2.24, 2.45) is 5.92 Å². The van der Waals surface area contributed by atoms with Crippen LogP contribution in [0.2, 0.25) is 0 Å². The van der Waals surface area contributed by atoms with Gasteiger partial charge in [0.1, 0.15) is 11.5 Å². The van der Waals surface area contributed by atoms with E-state index in [1.165, 1.54) is 12.4 Å². The summed E-state index contributed by atoms with van der Waals surface area (Å²) in [6.07, 6.45) is -1.21. The van der Waals surface area contributed by atoms with Crippen molar-refractivity contribution in [1.29, 1.82) is 0 Å².